The zero-order chi connectivity index (χ0) is 17.2. The zero-order valence-corrected chi connectivity index (χ0v) is 17.0. The van der Waals surface area contributed by atoms with Crippen LogP contribution in [0.3, 0.4) is 0 Å². The van der Waals surface area contributed by atoms with E-state index in [9.17, 15) is 4.79 Å². The average Bonchev–Trinajstić information content (AvgIpc) is 3.24. The van der Waals surface area contributed by atoms with Gasteiger partial charge in [-0.15, -0.1) is 24.8 Å². The lowest BCUT2D eigenvalue weighted by atomic mass is 9.88. The first-order valence-corrected chi connectivity index (χ1v) is 9.39. The molecule has 0 radical (unpaired) electrons. The predicted octanol–water partition coefficient (Wildman–Crippen LogP) is 4.11. The van der Waals surface area contributed by atoms with Crippen LogP contribution in [-0.4, -0.2) is 21.7 Å². The highest BCUT2D eigenvalue weighted by Gasteiger charge is 2.27. The molecule has 5 nitrogen and oxygen atoms in total. The normalized spacial score (nSPS) is 23.7. The molecule has 3 atom stereocenters. The van der Waals surface area contributed by atoms with Crippen LogP contribution in [0.1, 0.15) is 55.7 Å². The molecule has 0 spiro atoms. The minimum Gasteiger partial charge on any atom is -0.327 e. The number of halogens is 2. The summed E-state index contributed by atoms with van der Waals surface area (Å²) in [6.45, 7) is 0. The number of aryl methyl sites for hydroxylation is 1. The van der Waals surface area contributed by atoms with E-state index in [1.54, 1.807) is 6.20 Å². The minimum atomic E-state index is 0. The Hall–Kier alpha value is -1.56. The number of hydrogen-bond donors (Lipinski definition) is 2. The second-order valence-corrected chi connectivity index (χ2v) is 7.37. The molecule has 2 aliphatic carbocycles. The van der Waals surface area contributed by atoms with Crippen LogP contribution in [0.2, 0.25) is 0 Å². The summed E-state index contributed by atoms with van der Waals surface area (Å²) in [7, 11) is 0. The maximum Gasteiger partial charge on any atom is 0.225 e. The maximum absolute atomic E-state index is 12.5. The summed E-state index contributed by atoms with van der Waals surface area (Å²) >= 11 is 0. The number of nitrogens with one attached hydrogen (secondary N) is 1. The Bertz CT molecular complexity index is 764. The highest BCUT2D eigenvalue weighted by atomic mass is 35.5. The highest BCUT2D eigenvalue weighted by molar-refractivity contribution is 5.90. The molecule has 1 amide bonds. The van der Waals surface area contributed by atoms with Crippen molar-refractivity contribution in [1.29, 1.82) is 0 Å². The van der Waals surface area contributed by atoms with E-state index in [-0.39, 0.29) is 42.8 Å². The van der Waals surface area contributed by atoms with Gasteiger partial charge >= 0.3 is 0 Å². The standard InChI is InChI=1S/C20H26N4O.2ClH/c21-17-9-3-7-15(17)13-20(25)23-19-11-12-22-24(19)18-10-4-6-14-5-1-2-8-16(14)18;;/h1-2,5,8,11-12,15,17-18H,3-4,6-7,9-10,13,21H2,(H,23,25);2*1H/t15-,17+,18?;;/m0../s1. The van der Waals surface area contributed by atoms with E-state index in [1.807, 2.05) is 10.7 Å². The molecule has 0 saturated heterocycles. The van der Waals surface area contributed by atoms with Crippen molar-refractivity contribution in [3.63, 3.8) is 0 Å². The fourth-order valence-corrected chi connectivity index (χ4v) is 4.39. The van der Waals surface area contributed by atoms with Crippen LogP contribution >= 0.6 is 24.8 Å². The summed E-state index contributed by atoms with van der Waals surface area (Å²) in [5.41, 5.74) is 8.82. The lowest BCUT2D eigenvalue weighted by molar-refractivity contribution is -0.117. The molecule has 3 N–H and O–H groups in total. The van der Waals surface area contributed by atoms with Crippen molar-refractivity contribution < 1.29 is 4.79 Å². The number of carbonyl (C=O) groups is 1. The second kappa shape index (κ2) is 9.58. The van der Waals surface area contributed by atoms with E-state index in [1.165, 1.54) is 11.1 Å². The van der Waals surface area contributed by atoms with Crippen molar-refractivity contribution in [3.8, 4) is 0 Å². The SMILES string of the molecule is Cl.Cl.N[C@@H]1CCC[C@H]1CC(=O)Nc1ccnn1C1CCCc2ccccc21. The molecule has 4 rings (SSSR count). The van der Waals surface area contributed by atoms with Gasteiger partial charge in [0.15, 0.2) is 0 Å². The molecule has 1 unspecified atom stereocenters. The van der Waals surface area contributed by atoms with Gasteiger partial charge in [0.1, 0.15) is 5.82 Å². The van der Waals surface area contributed by atoms with E-state index in [2.05, 4.69) is 34.7 Å². The van der Waals surface area contributed by atoms with Crippen molar-refractivity contribution in [1.82, 2.24) is 9.78 Å². The molecule has 1 saturated carbocycles. The van der Waals surface area contributed by atoms with Gasteiger partial charge in [0, 0.05) is 18.5 Å². The largest absolute Gasteiger partial charge is 0.327 e. The third-order valence-corrected chi connectivity index (χ3v) is 5.74. The van der Waals surface area contributed by atoms with E-state index in [4.69, 9.17) is 5.73 Å². The Morgan fingerprint density at radius 1 is 1.15 bits per heavy atom. The number of fused-ring (bicyclic) bond motifs is 1. The average molecular weight is 411 g/mol. The van der Waals surface area contributed by atoms with Crippen molar-refractivity contribution in [3.05, 3.63) is 47.7 Å². The third kappa shape index (κ3) is 4.65. The minimum absolute atomic E-state index is 0. The number of anilines is 1. The first-order chi connectivity index (χ1) is 12.2. The van der Waals surface area contributed by atoms with E-state index in [0.29, 0.717) is 12.3 Å². The number of hydrogen-bond acceptors (Lipinski definition) is 3. The monoisotopic (exact) mass is 410 g/mol. The van der Waals surface area contributed by atoms with Crippen molar-refractivity contribution >= 4 is 36.5 Å². The lowest BCUT2D eigenvalue weighted by Crippen LogP contribution is -2.29. The number of benzene rings is 1. The van der Waals surface area contributed by atoms with Crippen LogP contribution in [0.4, 0.5) is 5.82 Å². The molecule has 1 aromatic heterocycles. The Labute approximate surface area is 172 Å². The molecule has 1 heterocycles. The van der Waals surface area contributed by atoms with Gasteiger partial charge in [0.2, 0.25) is 5.91 Å². The quantitative estimate of drug-likeness (QED) is 0.796. The summed E-state index contributed by atoms with van der Waals surface area (Å²) in [5, 5.41) is 7.59. The second-order valence-electron chi connectivity index (χ2n) is 7.37. The topological polar surface area (TPSA) is 72.9 Å². The number of carbonyl (C=O) groups excluding carboxylic acids is 1. The van der Waals surface area contributed by atoms with Crippen LogP contribution < -0.4 is 11.1 Å². The van der Waals surface area contributed by atoms with Gasteiger partial charge in [-0.05, 0) is 49.1 Å². The third-order valence-electron chi connectivity index (χ3n) is 5.74. The summed E-state index contributed by atoms with van der Waals surface area (Å²) in [4.78, 5) is 12.5. The molecule has 0 bridgehead atoms. The molecule has 1 aromatic carbocycles. The highest BCUT2D eigenvalue weighted by Crippen LogP contribution is 2.34. The van der Waals surface area contributed by atoms with Gasteiger partial charge in [-0.25, -0.2) is 4.68 Å². The Kier molecular flexibility index (Phi) is 7.71. The van der Waals surface area contributed by atoms with Crippen LogP contribution in [0, 0.1) is 5.92 Å². The van der Waals surface area contributed by atoms with E-state index in [0.717, 1.165) is 44.3 Å². The number of amides is 1. The van der Waals surface area contributed by atoms with Gasteiger partial charge in [-0.2, -0.15) is 5.10 Å². The van der Waals surface area contributed by atoms with Gasteiger partial charge in [-0.3, -0.25) is 4.79 Å². The van der Waals surface area contributed by atoms with Gasteiger partial charge < -0.3 is 11.1 Å². The fourth-order valence-electron chi connectivity index (χ4n) is 4.39. The molecule has 27 heavy (non-hydrogen) atoms. The zero-order valence-electron chi connectivity index (χ0n) is 15.3. The van der Waals surface area contributed by atoms with Crippen molar-refractivity contribution in [2.75, 3.05) is 5.32 Å². The summed E-state index contributed by atoms with van der Waals surface area (Å²) in [6.07, 6.45) is 8.83. The number of rotatable bonds is 4. The van der Waals surface area contributed by atoms with Crippen molar-refractivity contribution in [2.45, 2.75) is 57.0 Å². The molecule has 7 heteroatoms. The smallest absolute Gasteiger partial charge is 0.225 e. The molecule has 1 fully saturated rings. The van der Waals surface area contributed by atoms with Crippen LogP contribution in [0.25, 0.3) is 0 Å². The molecule has 0 aliphatic heterocycles. The fraction of sp³-hybridized carbons (Fsp3) is 0.500. The molecular formula is C20H28Cl2N4O. The van der Waals surface area contributed by atoms with E-state index < -0.39 is 0 Å². The molecule has 2 aromatic rings. The molecule has 148 valence electrons. The number of nitrogens with two attached hydrogens (primary N) is 1. The van der Waals surface area contributed by atoms with Gasteiger partial charge in [-0.1, -0.05) is 30.7 Å². The maximum atomic E-state index is 12.5. The number of aromatic nitrogens is 2. The predicted molar refractivity (Wildman–Crippen MR) is 113 cm³/mol. The van der Waals surface area contributed by atoms with Gasteiger partial charge in [0.05, 0.1) is 12.2 Å². The molecule has 2 aliphatic rings. The van der Waals surface area contributed by atoms with Crippen molar-refractivity contribution in [2.24, 2.45) is 11.7 Å². The Balaban J connectivity index is 0.00000131. The number of nitrogens with zero attached hydrogens (tertiary/aromatic N) is 2. The molecular weight excluding hydrogens is 383 g/mol. The first-order valence-electron chi connectivity index (χ1n) is 9.39. The first kappa shape index (κ1) is 21.7. The van der Waals surface area contributed by atoms with Crippen LogP contribution in [0.5, 0.6) is 0 Å². The summed E-state index contributed by atoms with van der Waals surface area (Å²) < 4.78 is 1.98. The Morgan fingerprint density at radius 2 is 1.96 bits per heavy atom. The summed E-state index contributed by atoms with van der Waals surface area (Å²) in [5.74, 6) is 1.15. The lowest BCUT2D eigenvalue weighted by Gasteiger charge is -2.27. The van der Waals surface area contributed by atoms with Crippen LogP contribution in [-0.2, 0) is 11.2 Å². The van der Waals surface area contributed by atoms with Crippen LogP contribution in [0.15, 0.2) is 36.5 Å². The summed E-state index contributed by atoms with van der Waals surface area (Å²) in [6, 6.07) is 10.8. The Morgan fingerprint density at radius 3 is 2.74 bits per heavy atom. The van der Waals surface area contributed by atoms with Gasteiger partial charge in [0.25, 0.3) is 0 Å². The van der Waals surface area contributed by atoms with E-state index >= 15 is 0 Å².